The van der Waals surface area contributed by atoms with E-state index in [1.54, 1.807) is 7.05 Å². The predicted octanol–water partition coefficient (Wildman–Crippen LogP) is 1.37. The van der Waals surface area contributed by atoms with Gasteiger partial charge in [0.25, 0.3) is 0 Å². The molecule has 1 aromatic rings. The average molecular weight is 248 g/mol. The molecule has 0 saturated heterocycles. The summed E-state index contributed by atoms with van der Waals surface area (Å²) in [5, 5.41) is 3.05. The Morgan fingerprint density at radius 1 is 1.44 bits per heavy atom. The zero-order valence-electron chi connectivity index (χ0n) is 10.9. The molecule has 98 valence electrons. The molecule has 1 aromatic carbocycles. The van der Waals surface area contributed by atoms with Gasteiger partial charge in [-0.3, -0.25) is 4.79 Å². The Morgan fingerprint density at radius 3 is 2.61 bits per heavy atom. The number of nitrogens with one attached hydrogen (secondary N) is 1. The van der Waals surface area contributed by atoms with Crippen LogP contribution >= 0.6 is 0 Å². The van der Waals surface area contributed by atoms with Crippen molar-refractivity contribution < 1.29 is 9.53 Å². The Morgan fingerprint density at radius 2 is 2.11 bits per heavy atom. The van der Waals surface area contributed by atoms with E-state index >= 15 is 0 Å². The number of nitrogens with two attached hydrogens (primary N) is 1. The third kappa shape index (κ3) is 2.48. The van der Waals surface area contributed by atoms with Crippen LogP contribution in [0.2, 0.25) is 0 Å². The normalized spacial score (nSPS) is 27.1. The van der Waals surface area contributed by atoms with Crippen molar-refractivity contribution in [2.75, 3.05) is 7.05 Å². The van der Waals surface area contributed by atoms with E-state index in [4.69, 9.17) is 10.5 Å². The molecule has 18 heavy (non-hydrogen) atoms. The molecule has 0 aromatic heterocycles. The van der Waals surface area contributed by atoms with E-state index in [-0.39, 0.29) is 12.0 Å². The molecular weight excluding hydrogens is 228 g/mol. The SMILES string of the molecule is CNC1(C(N)=O)CCC(Oc2ccc(C)cc2)C1. The zero-order valence-corrected chi connectivity index (χ0v) is 10.9. The van der Waals surface area contributed by atoms with Crippen LogP contribution in [-0.4, -0.2) is 24.6 Å². The number of amides is 1. The molecule has 3 N–H and O–H groups in total. The summed E-state index contributed by atoms with van der Waals surface area (Å²) in [6, 6.07) is 7.95. The van der Waals surface area contributed by atoms with E-state index in [0.717, 1.165) is 18.6 Å². The van der Waals surface area contributed by atoms with Gasteiger partial charge in [0.15, 0.2) is 0 Å². The van der Waals surface area contributed by atoms with Crippen molar-refractivity contribution in [1.29, 1.82) is 0 Å². The number of primary amides is 1. The Labute approximate surface area is 108 Å². The summed E-state index contributed by atoms with van der Waals surface area (Å²) >= 11 is 0. The molecule has 1 aliphatic rings. The van der Waals surface area contributed by atoms with Crippen molar-refractivity contribution in [2.45, 2.75) is 37.8 Å². The first-order chi connectivity index (χ1) is 8.55. The fourth-order valence-corrected chi connectivity index (χ4v) is 2.48. The summed E-state index contributed by atoms with van der Waals surface area (Å²) in [6.45, 7) is 2.04. The van der Waals surface area contributed by atoms with Crippen LogP contribution < -0.4 is 15.8 Å². The minimum atomic E-state index is -0.602. The number of benzene rings is 1. The Hall–Kier alpha value is -1.55. The first-order valence-electron chi connectivity index (χ1n) is 6.28. The van der Waals surface area contributed by atoms with Gasteiger partial charge in [0.2, 0.25) is 5.91 Å². The molecule has 1 fully saturated rings. The maximum atomic E-state index is 11.5. The number of aryl methyl sites for hydroxylation is 1. The van der Waals surface area contributed by atoms with Crippen LogP contribution in [0.3, 0.4) is 0 Å². The molecule has 0 radical (unpaired) electrons. The molecular formula is C14H20N2O2. The number of hydrogen-bond donors (Lipinski definition) is 2. The second-order valence-corrected chi connectivity index (χ2v) is 4.99. The minimum Gasteiger partial charge on any atom is -0.490 e. The first kappa shape index (κ1) is 12.9. The molecule has 0 spiro atoms. The van der Waals surface area contributed by atoms with Crippen LogP contribution in [0.1, 0.15) is 24.8 Å². The molecule has 4 heteroatoms. The Kier molecular flexibility index (Phi) is 3.57. The average Bonchev–Trinajstić information content (AvgIpc) is 2.77. The van der Waals surface area contributed by atoms with Gasteiger partial charge >= 0.3 is 0 Å². The van der Waals surface area contributed by atoms with Crippen LogP contribution in [0.25, 0.3) is 0 Å². The van der Waals surface area contributed by atoms with Gasteiger partial charge in [0.1, 0.15) is 17.4 Å². The van der Waals surface area contributed by atoms with Gasteiger partial charge in [-0.1, -0.05) is 17.7 Å². The van der Waals surface area contributed by atoms with Gasteiger partial charge in [0.05, 0.1) is 0 Å². The van der Waals surface area contributed by atoms with Crippen LogP contribution in [0.15, 0.2) is 24.3 Å². The fraction of sp³-hybridized carbons (Fsp3) is 0.500. The highest BCUT2D eigenvalue weighted by Gasteiger charge is 2.43. The molecule has 1 aliphatic carbocycles. The van der Waals surface area contributed by atoms with Crippen LogP contribution in [-0.2, 0) is 4.79 Å². The van der Waals surface area contributed by atoms with Crippen LogP contribution in [0, 0.1) is 6.92 Å². The summed E-state index contributed by atoms with van der Waals surface area (Å²) in [5.74, 6) is 0.557. The molecule has 1 amide bonds. The number of rotatable bonds is 4. The lowest BCUT2D eigenvalue weighted by atomic mass is 9.97. The van der Waals surface area contributed by atoms with Crippen LogP contribution in [0.5, 0.6) is 5.75 Å². The van der Waals surface area contributed by atoms with Crippen molar-refractivity contribution in [3.63, 3.8) is 0 Å². The summed E-state index contributed by atoms with van der Waals surface area (Å²) in [7, 11) is 1.78. The van der Waals surface area contributed by atoms with E-state index in [2.05, 4.69) is 5.32 Å². The highest BCUT2D eigenvalue weighted by molar-refractivity contribution is 5.85. The van der Waals surface area contributed by atoms with Gasteiger partial charge < -0.3 is 15.8 Å². The number of carbonyl (C=O) groups excluding carboxylic acids is 1. The highest BCUT2D eigenvalue weighted by Crippen LogP contribution is 2.32. The number of carbonyl (C=O) groups is 1. The molecule has 2 unspecified atom stereocenters. The van der Waals surface area contributed by atoms with Crippen molar-refractivity contribution in [3.8, 4) is 5.75 Å². The van der Waals surface area contributed by atoms with E-state index in [9.17, 15) is 4.79 Å². The monoisotopic (exact) mass is 248 g/mol. The largest absolute Gasteiger partial charge is 0.490 e. The standard InChI is InChI=1S/C14H20N2O2/c1-10-3-5-11(6-4-10)18-12-7-8-14(9-12,16-2)13(15)17/h3-6,12,16H,7-9H2,1-2H3,(H2,15,17). The van der Waals surface area contributed by atoms with Gasteiger partial charge in [-0.15, -0.1) is 0 Å². The third-order valence-corrected chi connectivity index (χ3v) is 3.74. The lowest BCUT2D eigenvalue weighted by Crippen LogP contribution is -2.52. The van der Waals surface area contributed by atoms with Gasteiger partial charge in [-0.05, 0) is 38.9 Å². The summed E-state index contributed by atoms with van der Waals surface area (Å²) < 4.78 is 5.89. The number of hydrogen-bond acceptors (Lipinski definition) is 3. The number of likely N-dealkylation sites (N-methyl/N-ethyl adjacent to an activating group) is 1. The lowest BCUT2D eigenvalue weighted by Gasteiger charge is -2.24. The maximum absolute atomic E-state index is 11.5. The van der Waals surface area contributed by atoms with E-state index in [1.165, 1.54) is 5.56 Å². The van der Waals surface area contributed by atoms with Crippen molar-refractivity contribution in [2.24, 2.45) is 5.73 Å². The van der Waals surface area contributed by atoms with E-state index < -0.39 is 5.54 Å². The molecule has 1 saturated carbocycles. The van der Waals surface area contributed by atoms with Gasteiger partial charge in [0, 0.05) is 6.42 Å². The summed E-state index contributed by atoms with van der Waals surface area (Å²) in [6.07, 6.45) is 2.26. The molecule has 0 aliphatic heterocycles. The van der Waals surface area contributed by atoms with Crippen molar-refractivity contribution in [1.82, 2.24) is 5.32 Å². The van der Waals surface area contributed by atoms with Gasteiger partial charge in [-0.2, -0.15) is 0 Å². The van der Waals surface area contributed by atoms with E-state index in [0.29, 0.717) is 6.42 Å². The number of ether oxygens (including phenoxy) is 1. The molecule has 4 nitrogen and oxygen atoms in total. The predicted molar refractivity (Wildman–Crippen MR) is 70.4 cm³/mol. The second kappa shape index (κ2) is 4.98. The first-order valence-corrected chi connectivity index (χ1v) is 6.28. The summed E-state index contributed by atoms with van der Waals surface area (Å²) in [4.78, 5) is 11.5. The van der Waals surface area contributed by atoms with E-state index in [1.807, 2.05) is 31.2 Å². The van der Waals surface area contributed by atoms with Crippen LogP contribution in [0.4, 0.5) is 0 Å². The maximum Gasteiger partial charge on any atom is 0.237 e. The topological polar surface area (TPSA) is 64.3 Å². The Bertz CT molecular complexity index is 430. The fourth-order valence-electron chi connectivity index (χ4n) is 2.48. The molecule has 2 atom stereocenters. The van der Waals surface area contributed by atoms with Gasteiger partial charge in [-0.25, -0.2) is 0 Å². The van der Waals surface area contributed by atoms with Crippen molar-refractivity contribution >= 4 is 5.91 Å². The second-order valence-electron chi connectivity index (χ2n) is 4.99. The molecule has 0 heterocycles. The highest BCUT2D eigenvalue weighted by atomic mass is 16.5. The quantitative estimate of drug-likeness (QED) is 0.846. The zero-order chi connectivity index (χ0) is 13.2. The molecule has 0 bridgehead atoms. The minimum absolute atomic E-state index is 0.0488. The summed E-state index contributed by atoms with van der Waals surface area (Å²) in [5.41, 5.74) is 6.06. The molecule has 2 rings (SSSR count). The third-order valence-electron chi connectivity index (χ3n) is 3.74. The lowest BCUT2D eigenvalue weighted by molar-refractivity contribution is -0.124. The van der Waals surface area contributed by atoms with Crippen molar-refractivity contribution in [3.05, 3.63) is 29.8 Å². The smallest absolute Gasteiger partial charge is 0.237 e. The Balaban J connectivity index is 2.01.